The van der Waals surface area contributed by atoms with Crippen LogP contribution in [0.3, 0.4) is 0 Å². The average molecular weight is 204 g/mol. The third-order valence-corrected chi connectivity index (χ3v) is 1.51. The number of nitrogens with zero attached hydrogens (tertiary/aromatic N) is 1. The summed E-state index contributed by atoms with van der Waals surface area (Å²) < 4.78 is 13.0. The van der Waals surface area contributed by atoms with E-state index in [9.17, 15) is 9.18 Å². The highest BCUT2D eigenvalue weighted by Gasteiger charge is 2.11. The van der Waals surface area contributed by atoms with Gasteiger partial charge in [0.25, 0.3) is 5.91 Å². The lowest BCUT2D eigenvalue weighted by Crippen LogP contribution is -2.22. The second-order valence-corrected chi connectivity index (χ2v) is 2.68. The molecule has 0 aliphatic rings. The fourth-order valence-corrected chi connectivity index (χ4v) is 0.876. The first-order valence-electron chi connectivity index (χ1n) is 3.59. The summed E-state index contributed by atoms with van der Waals surface area (Å²) in [4.78, 5) is 12.6. The van der Waals surface area contributed by atoms with Gasteiger partial charge in [-0.2, -0.15) is 0 Å². The zero-order valence-electron chi connectivity index (χ0n) is 7.45. The van der Waals surface area contributed by atoms with E-state index >= 15 is 0 Å². The summed E-state index contributed by atoms with van der Waals surface area (Å²) in [5.74, 6) is -0.788. The van der Waals surface area contributed by atoms with Crippen molar-refractivity contribution in [2.24, 2.45) is 0 Å². The smallest absolute Gasteiger partial charge is 0.256 e. The van der Waals surface area contributed by atoms with E-state index in [-0.39, 0.29) is 23.9 Å². The average Bonchev–Trinajstić information content (AvgIpc) is 2.04. The van der Waals surface area contributed by atoms with Gasteiger partial charge in [-0.3, -0.25) is 4.79 Å². The Kier molecular flexibility index (Phi) is 4.42. The van der Waals surface area contributed by atoms with Gasteiger partial charge >= 0.3 is 0 Å². The van der Waals surface area contributed by atoms with E-state index in [4.69, 9.17) is 0 Å². The molecule has 1 amide bonds. The number of amides is 1. The summed E-state index contributed by atoms with van der Waals surface area (Å²) in [7, 11) is 3.18. The highest BCUT2D eigenvalue weighted by Crippen LogP contribution is 2.07. The van der Waals surface area contributed by atoms with E-state index < -0.39 is 5.82 Å². The van der Waals surface area contributed by atoms with Crippen molar-refractivity contribution in [3.63, 3.8) is 0 Å². The van der Waals surface area contributed by atoms with Gasteiger partial charge in [0.2, 0.25) is 0 Å². The molecule has 0 radical (unpaired) electrons. The highest BCUT2D eigenvalue weighted by atomic mass is 35.5. The first-order valence-corrected chi connectivity index (χ1v) is 3.59. The normalized spacial score (nSPS) is 8.85. The quantitative estimate of drug-likeness (QED) is 0.683. The molecule has 1 aromatic rings. The molecular weight excluding hydrogens is 193 g/mol. The predicted molar refractivity (Wildman–Crippen MR) is 51.7 cm³/mol. The number of benzene rings is 1. The summed E-state index contributed by atoms with van der Waals surface area (Å²) in [6, 6.07) is 5.94. The summed E-state index contributed by atoms with van der Waals surface area (Å²) >= 11 is 0. The molecule has 1 rings (SSSR count). The van der Waals surface area contributed by atoms with Gasteiger partial charge in [0.1, 0.15) is 5.82 Å². The van der Waals surface area contributed by atoms with E-state index in [1.807, 2.05) is 0 Å². The summed E-state index contributed by atoms with van der Waals surface area (Å²) in [6.07, 6.45) is 0. The van der Waals surface area contributed by atoms with Crippen LogP contribution < -0.4 is 0 Å². The minimum absolute atomic E-state index is 0. The van der Waals surface area contributed by atoms with E-state index in [0.717, 1.165) is 0 Å². The lowest BCUT2D eigenvalue weighted by Gasteiger charge is -2.09. The van der Waals surface area contributed by atoms with Crippen LogP contribution in [-0.4, -0.2) is 24.9 Å². The van der Waals surface area contributed by atoms with Gasteiger partial charge in [-0.15, -0.1) is 12.4 Å². The van der Waals surface area contributed by atoms with Gasteiger partial charge in [0.05, 0.1) is 5.56 Å². The first kappa shape index (κ1) is 11.9. The number of rotatable bonds is 1. The van der Waals surface area contributed by atoms with Gasteiger partial charge in [-0.25, -0.2) is 4.39 Å². The minimum atomic E-state index is -0.476. The SMILES string of the molecule is CN(C)C(=O)c1ccccc1F.Cl. The number of hydrogen-bond donors (Lipinski definition) is 0. The Morgan fingerprint density at radius 2 is 1.85 bits per heavy atom. The second-order valence-electron chi connectivity index (χ2n) is 2.68. The van der Waals surface area contributed by atoms with Crippen molar-refractivity contribution < 1.29 is 9.18 Å². The van der Waals surface area contributed by atoms with Gasteiger partial charge in [0, 0.05) is 14.1 Å². The van der Waals surface area contributed by atoms with Crippen LogP contribution in [-0.2, 0) is 0 Å². The zero-order chi connectivity index (χ0) is 9.14. The molecule has 0 unspecified atom stereocenters. The Bertz CT molecular complexity index is 301. The van der Waals surface area contributed by atoms with Crippen molar-refractivity contribution in [2.75, 3.05) is 14.1 Å². The Morgan fingerprint density at radius 1 is 1.31 bits per heavy atom. The Balaban J connectivity index is 0.00000144. The van der Waals surface area contributed by atoms with Crippen LogP contribution in [0.2, 0.25) is 0 Å². The van der Waals surface area contributed by atoms with Crippen LogP contribution >= 0.6 is 12.4 Å². The molecule has 0 spiro atoms. The molecular formula is C9H11ClFNO. The highest BCUT2D eigenvalue weighted by molar-refractivity contribution is 5.94. The van der Waals surface area contributed by atoms with Crippen LogP contribution in [0.1, 0.15) is 10.4 Å². The van der Waals surface area contributed by atoms with Crippen LogP contribution in [0.4, 0.5) is 4.39 Å². The number of carbonyl (C=O) groups is 1. The van der Waals surface area contributed by atoms with Crippen LogP contribution in [0.5, 0.6) is 0 Å². The molecule has 0 N–H and O–H groups in total. The molecule has 13 heavy (non-hydrogen) atoms. The van der Waals surface area contributed by atoms with Crippen molar-refractivity contribution in [2.45, 2.75) is 0 Å². The third-order valence-electron chi connectivity index (χ3n) is 1.51. The Labute approximate surface area is 82.8 Å². The standard InChI is InChI=1S/C9H10FNO.ClH/c1-11(2)9(12)7-5-3-4-6-8(7)10;/h3-6H,1-2H3;1H. The van der Waals surface area contributed by atoms with Crippen LogP contribution in [0.25, 0.3) is 0 Å². The Morgan fingerprint density at radius 3 is 2.31 bits per heavy atom. The van der Waals surface area contributed by atoms with Gasteiger partial charge in [-0.05, 0) is 12.1 Å². The molecule has 0 aromatic heterocycles. The maximum Gasteiger partial charge on any atom is 0.256 e. The number of carbonyl (C=O) groups excluding carboxylic acids is 1. The molecule has 0 heterocycles. The minimum Gasteiger partial charge on any atom is -0.345 e. The molecule has 0 atom stereocenters. The Hall–Kier alpha value is -1.09. The zero-order valence-corrected chi connectivity index (χ0v) is 8.27. The lowest BCUT2D eigenvalue weighted by atomic mass is 10.2. The van der Waals surface area contributed by atoms with Gasteiger partial charge < -0.3 is 4.90 Å². The van der Waals surface area contributed by atoms with Crippen molar-refractivity contribution in [1.82, 2.24) is 4.90 Å². The van der Waals surface area contributed by atoms with Crippen molar-refractivity contribution in [3.05, 3.63) is 35.6 Å². The van der Waals surface area contributed by atoms with Crippen molar-refractivity contribution in [1.29, 1.82) is 0 Å². The van der Waals surface area contributed by atoms with Gasteiger partial charge in [0.15, 0.2) is 0 Å². The summed E-state index contributed by atoms with van der Waals surface area (Å²) in [5, 5.41) is 0. The molecule has 0 saturated heterocycles. The maximum atomic E-state index is 13.0. The lowest BCUT2D eigenvalue weighted by molar-refractivity contribution is 0.0823. The molecule has 4 heteroatoms. The fourth-order valence-electron chi connectivity index (χ4n) is 0.876. The number of hydrogen-bond acceptors (Lipinski definition) is 1. The summed E-state index contributed by atoms with van der Waals surface area (Å²) in [5.41, 5.74) is 0.113. The summed E-state index contributed by atoms with van der Waals surface area (Å²) in [6.45, 7) is 0. The van der Waals surface area contributed by atoms with Crippen LogP contribution in [0, 0.1) is 5.82 Å². The molecule has 0 fully saturated rings. The van der Waals surface area contributed by atoms with Gasteiger partial charge in [-0.1, -0.05) is 12.1 Å². The van der Waals surface area contributed by atoms with Crippen molar-refractivity contribution in [3.8, 4) is 0 Å². The molecule has 72 valence electrons. The fraction of sp³-hybridized carbons (Fsp3) is 0.222. The molecule has 1 aromatic carbocycles. The van der Waals surface area contributed by atoms with E-state index in [1.165, 1.54) is 17.0 Å². The van der Waals surface area contributed by atoms with Crippen molar-refractivity contribution >= 4 is 18.3 Å². The number of halogens is 2. The monoisotopic (exact) mass is 203 g/mol. The molecule has 2 nitrogen and oxygen atoms in total. The second kappa shape index (κ2) is 4.82. The van der Waals surface area contributed by atoms with E-state index in [0.29, 0.717) is 0 Å². The van der Waals surface area contributed by atoms with E-state index in [1.54, 1.807) is 26.2 Å². The third kappa shape index (κ3) is 2.70. The predicted octanol–water partition coefficient (Wildman–Crippen LogP) is 1.95. The molecule has 0 bridgehead atoms. The van der Waals surface area contributed by atoms with Crippen LogP contribution in [0.15, 0.2) is 24.3 Å². The van der Waals surface area contributed by atoms with E-state index in [2.05, 4.69) is 0 Å². The molecule has 0 saturated carbocycles. The molecule has 0 aliphatic heterocycles. The maximum absolute atomic E-state index is 13.0. The first-order chi connectivity index (χ1) is 5.63. The topological polar surface area (TPSA) is 20.3 Å². The molecule has 0 aliphatic carbocycles. The largest absolute Gasteiger partial charge is 0.345 e.